The molecule has 3 rings (SSSR count). The predicted molar refractivity (Wildman–Crippen MR) is 91.2 cm³/mol. The molecule has 0 radical (unpaired) electrons. The maximum atomic E-state index is 12.3. The molecule has 22 heavy (non-hydrogen) atoms. The molecule has 6 heteroatoms. The Morgan fingerprint density at radius 2 is 1.95 bits per heavy atom. The molecule has 1 aliphatic carbocycles. The largest absolute Gasteiger partial charge is 0.355 e. The minimum Gasteiger partial charge on any atom is -0.355 e. The summed E-state index contributed by atoms with van der Waals surface area (Å²) in [4.78, 5) is 26.5. The second-order valence-electron chi connectivity index (χ2n) is 5.28. The van der Waals surface area contributed by atoms with E-state index in [1.165, 1.54) is 22.6 Å². The smallest absolute Gasteiger partial charge is 0.266 e. The quantitative estimate of drug-likeness (QED) is 0.841. The van der Waals surface area contributed by atoms with Crippen LogP contribution in [0.5, 0.6) is 0 Å². The molecule has 0 saturated heterocycles. The van der Waals surface area contributed by atoms with E-state index in [1.807, 2.05) is 11.4 Å². The second kappa shape index (κ2) is 6.62. The van der Waals surface area contributed by atoms with E-state index in [2.05, 4.69) is 10.6 Å². The number of hydrogen-bond donors (Lipinski definition) is 2. The average molecular weight is 334 g/mol. The molecule has 0 aliphatic heterocycles. The summed E-state index contributed by atoms with van der Waals surface area (Å²) in [6, 6.07) is 3.64. The highest BCUT2D eigenvalue weighted by atomic mass is 32.1. The van der Waals surface area contributed by atoms with Crippen LogP contribution in [0.2, 0.25) is 0 Å². The van der Waals surface area contributed by atoms with Crippen molar-refractivity contribution in [3.8, 4) is 0 Å². The number of hydrogen-bond acceptors (Lipinski definition) is 4. The second-order valence-corrected chi connectivity index (χ2v) is 7.33. The summed E-state index contributed by atoms with van der Waals surface area (Å²) in [5.41, 5.74) is 1.79. The summed E-state index contributed by atoms with van der Waals surface area (Å²) >= 11 is 2.96. The Bertz CT molecular complexity index is 689. The molecule has 0 spiro atoms. The SMILES string of the molecule is CNC(=O)c1c(NC(=O)c2cccs2)sc2c1CCCCC2. The van der Waals surface area contributed by atoms with E-state index in [0.29, 0.717) is 15.4 Å². The van der Waals surface area contributed by atoms with Crippen LogP contribution in [-0.4, -0.2) is 18.9 Å². The number of rotatable bonds is 3. The molecular formula is C16H18N2O2S2. The van der Waals surface area contributed by atoms with Crippen molar-refractivity contribution in [2.75, 3.05) is 12.4 Å². The lowest BCUT2D eigenvalue weighted by atomic mass is 10.0. The van der Waals surface area contributed by atoms with Crippen molar-refractivity contribution in [3.05, 3.63) is 38.4 Å². The molecule has 116 valence electrons. The van der Waals surface area contributed by atoms with Crippen molar-refractivity contribution in [1.29, 1.82) is 0 Å². The van der Waals surface area contributed by atoms with Crippen LogP contribution in [0.4, 0.5) is 5.00 Å². The Labute approximate surface area is 137 Å². The van der Waals surface area contributed by atoms with E-state index < -0.39 is 0 Å². The fourth-order valence-corrected chi connectivity index (χ4v) is 4.67. The first-order valence-electron chi connectivity index (χ1n) is 7.42. The van der Waals surface area contributed by atoms with Gasteiger partial charge in [0.2, 0.25) is 0 Å². The topological polar surface area (TPSA) is 58.2 Å². The van der Waals surface area contributed by atoms with Gasteiger partial charge in [-0.05, 0) is 42.7 Å². The van der Waals surface area contributed by atoms with E-state index in [1.54, 1.807) is 24.5 Å². The number of thiophene rings is 2. The van der Waals surface area contributed by atoms with Crippen LogP contribution in [-0.2, 0) is 12.8 Å². The lowest BCUT2D eigenvalue weighted by Crippen LogP contribution is -2.21. The normalized spacial score (nSPS) is 14.0. The van der Waals surface area contributed by atoms with Crippen LogP contribution in [0.15, 0.2) is 17.5 Å². The molecule has 2 aromatic rings. The zero-order chi connectivity index (χ0) is 15.5. The molecule has 0 aromatic carbocycles. The molecule has 2 amide bonds. The fraction of sp³-hybridized carbons (Fsp3) is 0.375. The van der Waals surface area contributed by atoms with Gasteiger partial charge in [0, 0.05) is 11.9 Å². The maximum absolute atomic E-state index is 12.3. The number of amides is 2. The van der Waals surface area contributed by atoms with Crippen molar-refractivity contribution in [2.45, 2.75) is 32.1 Å². The highest BCUT2D eigenvalue weighted by molar-refractivity contribution is 7.17. The maximum Gasteiger partial charge on any atom is 0.266 e. The molecule has 0 saturated carbocycles. The standard InChI is InChI=1S/C16H18N2O2S2/c1-17-15(20)13-10-6-3-2-4-7-11(10)22-16(13)18-14(19)12-8-5-9-21-12/h5,8-9H,2-4,6-7H2,1H3,(H,17,20)(H,18,19). The van der Waals surface area contributed by atoms with Crippen LogP contribution in [0.1, 0.15) is 49.7 Å². The van der Waals surface area contributed by atoms with Gasteiger partial charge in [-0.3, -0.25) is 9.59 Å². The first-order chi connectivity index (χ1) is 10.7. The highest BCUT2D eigenvalue weighted by Crippen LogP contribution is 2.37. The van der Waals surface area contributed by atoms with Crippen molar-refractivity contribution in [3.63, 3.8) is 0 Å². The lowest BCUT2D eigenvalue weighted by molar-refractivity contribution is 0.0963. The molecule has 2 aromatic heterocycles. The van der Waals surface area contributed by atoms with Gasteiger partial charge in [0.1, 0.15) is 5.00 Å². The molecule has 1 aliphatic rings. The number of carbonyl (C=O) groups is 2. The van der Waals surface area contributed by atoms with E-state index in [4.69, 9.17) is 0 Å². The number of aryl methyl sites for hydroxylation is 1. The van der Waals surface area contributed by atoms with E-state index in [9.17, 15) is 9.59 Å². The van der Waals surface area contributed by atoms with Gasteiger partial charge in [-0.1, -0.05) is 12.5 Å². The summed E-state index contributed by atoms with van der Waals surface area (Å²) in [5.74, 6) is -0.252. The molecule has 2 heterocycles. The van der Waals surface area contributed by atoms with Gasteiger partial charge < -0.3 is 10.6 Å². The molecule has 0 fully saturated rings. The Morgan fingerprint density at radius 1 is 1.14 bits per heavy atom. The molecule has 4 nitrogen and oxygen atoms in total. The van der Waals surface area contributed by atoms with Crippen LogP contribution < -0.4 is 10.6 Å². The minimum atomic E-state index is -0.142. The zero-order valence-electron chi connectivity index (χ0n) is 12.4. The Kier molecular flexibility index (Phi) is 4.59. The van der Waals surface area contributed by atoms with Crippen molar-refractivity contribution in [1.82, 2.24) is 5.32 Å². The summed E-state index contributed by atoms with van der Waals surface area (Å²) < 4.78 is 0. The Morgan fingerprint density at radius 3 is 2.68 bits per heavy atom. The van der Waals surface area contributed by atoms with Crippen LogP contribution >= 0.6 is 22.7 Å². The molecule has 0 atom stereocenters. The van der Waals surface area contributed by atoms with Gasteiger partial charge in [0.05, 0.1) is 10.4 Å². The number of carbonyl (C=O) groups excluding carboxylic acids is 2. The Hall–Kier alpha value is -1.66. The third-order valence-corrected chi connectivity index (χ3v) is 5.92. The first kappa shape index (κ1) is 15.2. The molecular weight excluding hydrogens is 316 g/mol. The zero-order valence-corrected chi connectivity index (χ0v) is 14.0. The molecule has 0 unspecified atom stereocenters. The minimum absolute atomic E-state index is 0.110. The predicted octanol–water partition coefficient (Wildman–Crippen LogP) is 3.69. The lowest BCUT2D eigenvalue weighted by Gasteiger charge is -2.07. The van der Waals surface area contributed by atoms with Crippen molar-refractivity contribution < 1.29 is 9.59 Å². The summed E-state index contributed by atoms with van der Waals surface area (Å²) in [5, 5.41) is 8.20. The van der Waals surface area contributed by atoms with Gasteiger partial charge >= 0.3 is 0 Å². The van der Waals surface area contributed by atoms with Gasteiger partial charge in [-0.25, -0.2) is 0 Å². The first-order valence-corrected chi connectivity index (χ1v) is 9.11. The third-order valence-electron chi connectivity index (χ3n) is 3.85. The monoisotopic (exact) mass is 334 g/mol. The van der Waals surface area contributed by atoms with E-state index in [-0.39, 0.29) is 11.8 Å². The van der Waals surface area contributed by atoms with Gasteiger partial charge in [0.15, 0.2) is 0 Å². The fourth-order valence-electron chi connectivity index (χ4n) is 2.77. The van der Waals surface area contributed by atoms with Gasteiger partial charge in [-0.2, -0.15) is 0 Å². The number of nitrogens with one attached hydrogen (secondary N) is 2. The highest BCUT2D eigenvalue weighted by Gasteiger charge is 2.25. The van der Waals surface area contributed by atoms with Crippen molar-refractivity contribution >= 4 is 39.5 Å². The van der Waals surface area contributed by atoms with Crippen LogP contribution in [0.25, 0.3) is 0 Å². The number of anilines is 1. The molecule has 2 N–H and O–H groups in total. The van der Waals surface area contributed by atoms with Crippen LogP contribution in [0, 0.1) is 0 Å². The van der Waals surface area contributed by atoms with E-state index >= 15 is 0 Å². The summed E-state index contributed by atoms with van der Waals surface area (Å²) in [6.45, 7) is 0. The number of fused-ring (bicyclic) bond motifs is 1. The average Bonchev–Trinajstić information content (AvgIpc) is 3.10. The van der Waals surface area contributed by atoms with Crippen molar-refractivity contribution in [2.24, 2.45) is 0 Å². The van der Waals surface area contributed by atoms with Gasteiger partial charge in [-0.15, -0.1) is 22.7 Å². The Balaban J connectivity index is 1.96. The molecule has 0 bridgehead atoms. The van der Waals surface area contributed by atoms with E-state index in [0.717, 1.165) is 31.2 Å². The van der Waals surface area contributed by atoms with Crippen LogP contribution in [0.3, 0.4) is 0 Å². The third kappa shape index (κ3) is 2.94. The van der Waals surface area contributed by atoms with Gasteiger partial charge in [0.25, 0.3) is 11.8 Å². The summed E-state index contributed by atoms with van der Waals surface area (Å²) in [6.07, 6.45) is 5.37. The summed E-state index contributed by atoms with van der Waals surface area (Å²) in [7, 11) is 1.63.